The van der Waals surface area contributed by atoms with Gasteiger partial charge in [-0.25, -0.2) is 9.37 Å². The number of rotatable bonds is 8. The highest BCUT2D eigenvalue weighted by Crippen LogP contribution is 2.30. The molecule has 3 rings (SSSR count). The minimum Gasteiger partial charge on any atom is -0.497 e. The lowest BCUT2D eigenvalue weighted by Gasteiger charge is -2.12. The summed E-state index contributed by atoms with van der Waals surface area (Å²) in [5.41, 5.74) is 1.36. The number of hydrogen-bond donors (Lipinski definition) is 2. The van der Waals surface area contributed by atoms with Gasteiger partial charge in [-0.15, -0.1) is 0 Å². The maximum absolute atomic E-state index is 13.7. The molecule has 27 heavy (non-hydrogen) atoms. The molecular weight excluding hydrogens is 347 g/mol. The van der Waals surface area contributed by atoms with Crippen molar-refractivity contribution in [1.82, 2.24) is 9.97 Å². The Kier molecular flexibility index (Phi) is 6.04. The predicted octanol–water partition coefficient (Wildman–Crippen LogP) is 4.03. The predicted molar refractivity (Wildman–Crippen MR) is 103 cm³/mol. The van der Waals surface area contributed by atoms with Crippen molar-refractivity contribution in [2.45, 2.75) is 6.42 Å². The van der Waals surface area contributed by atoms with Gasteiger partial charge in [-0.2, -0.15) is 4.98 Å². The molecule has 1 heterocycles. The lowest BCUT2D eigenvalue weighted by Crippen LogP contribution is -2.08. The average Bonchev–Trinajstić information content (AvgIpc) is 2.70. The van der Waals surface area contributed by atoms with Crippen molar-refractivity contribution in [1.29, 1.82) is 0 Å². The Morgan fingerprint density at radius 2 is 1.89 bits per heavy atom. The molecule has 1 aromatic heterocycles. The van der Waals surface area contributed by atoms with Crippen LogP contribution in [0.15, 0.2) is 54.7 Å². The molecule has 0 amide bonds. The third kappa shape index (κ3) is 4.84. The van der Waals surface area contributed by atoms with Crippen LogP contribution in [-0.4, -0.2) is 30.7 Å². The number of ether oxygens (including phenoxy) is 2. The molecule has 0 atom stereocenters. The van der Waals surface area contributed by atoms with E-state index in [0.717, 1.165) is 0 Å². The van der Waals surface area contributed by atoms with Gasteiger partial charge in [-0.05, 0) is 36.2 Å². The summed E-state index contributed by atoms with van der Waals surface area (Å²) in [6.07, 6.45) is 2.20. The summed E-state index contributed by atoms with van der Waals surface area (Å²) in [4.78, 5) is 8.66. The number of benzene rings is 2. The molecule has 0 spiro atoms. The van der Waals surface area contributed by atoms with Crippen LogP contribution >= 0.6 is 0 Å². The molecule has 0 saturated heterocycles. The first-order valence-corrected chi connectivity index (χ1v) is 8.49. The van der Waals surface area contributed by atoms with Gasteiger partial charge in [-0.1, -0.05) is 18.2 Å². The van der Waals surface area contributed by atoms with E-state index in [9.17, 15) is 4.39 Å². The third-order valence-corrected chi connectivity index (χ3v) is 3.97. The van der Waals surface area contributed by atoms with Crippen molar-refractivity contribution in [3.63, 3.8) is 0 Å². The van der Waals surface area contributed by atoms with Crippen LogP contribution in [0.5, 0.6) is 11.5 Å². The van der Waals surface area contributed by atoms with Crippen LogP contribution in [-0.2, 0) is 6.42 Å². The summed E-state index contributed by atoms with van der Waals surface area (Å²) in [5, 5.41) is 6.31. The van der Waals surface area contributed by atoms with Crippen molar-refractivity contribution in [2.75, 3.05) is 31.4 Å². The van der Waals surface area contributed by atoms with Crippen molar-refractivity contribution in [3.8, 4) is 11.5 Å². The minimum absolute atomic E-state index is 0.200. The summed E-state index contributed by atoms with van der Waals surface area (Å²) in [7, 11) is 3.19. The van der Waals surface area contributed by atoms with Crippen LogP contribution in [0.4, 0.5) is 21.8 Å². The quantitative estimate of drug-likeness (QED) is 0.626. The first-order valence-electron chi connectivity index (χ1n) is 8.49. The van der Waals surface area contributed by atoms with Gasteiger partial charge in [0.2, 0.25) is 5.95 Å². The van der Waals surface area contributed by atoms with Gasteiger partial charge in [0.15, 0.2) is 0 Å². The standard InChI is InChI=1S/C20H21FN4O2/c1-26-15-7-8-18(27-2)17(13-15)24-20-23-12-10-19(25-20)22-11-9-14-5-3-4-6-16(14)21/h3-8,10,12-13H,9,11H2,1-2H3,(H2,22,23,24,25). The molecular formula is C20H21FN4O2. The Bertz CT molecular complexity index is 905. The Morgan fingerprint density at radius 1 is 1.04 bits per heavy atom. The molecule has 7 heteroatoms. The number of aromatic nitrogens is 2. The average molecular weight is 368 g/mol. The molecule has 2 N–H and O–H groups in total. The fourth-order valence-corrected chi connectivity index (χ4v) is 2.58. The smallest absolute Gasteiger partial charge is 0.229 e. The maximum Gasteiger partial charge on any atom is 0.229 e. The monoisotopic (exact) mass is 368 g/mol. The highest BCUT2D eigenvalue weighted by molar-refractivity contribution is 5.65. The normalized spacial score (nSPS) is 10.3. The molecule has 0 bridgehead atoms. The van der Waals surface area contributed by atoms with E-state index in [4.69, 9.17) is 9.47 Å². The highest BCUT2D eigenvalue weighted by atomic mass is 19.1. The molecule has 140 valence electrons. The number of nitrogens with one attached hydrogen (secondary N) is 2. The maximum atomic E-state index is 13.7. The number of halogens is 1. The first kappa shape index (κ1) is 18.4. The van der Waals surface area contributed by atoms with Crippen LogP contribution in [0.25, 0.3) is 0 Å². The summed E-state index contributed by atoms with van der Waals surface area (Å²) in [5.74, 6) is 2.20. The van der Waals surface area contributed by atoms with Gasteiger partial charge >= 0.3 is 0 Å². The van der Waals surface area contributed by atoms with Crippen LogP contribution in [0.1, 0.15) is 5.56 Å². The molecule has 0 fully saturated rings. The fraction of sp³-hybridized carbons (Fsp3) is 0.200. The van der Waals surface area contributed by atoms with Gasteiger partial charge in [0, 0.05) is 18.8 Å². The zero-order valence-corrected chi connectivity index (χ0v) is 15.2. The molecule has 3 aromatic rings. The Balaban J connectivity index is 1.66. The summed E-state index contributed by atoms with van der Waals surface area (Å²) in [6.45, 7) is 0.555. The van der Waals surface area contributed by atoms with Gasteiger partial charge < -0.3 is 20.1 Å². The first-order chi connectivity index (χ1) is 13.2. The minimum atomic E-state index is -0.200. The van der Waals surface area contributed by atoms with Crippen molar-refractivity contribution in [3.05, 3.63) is 66.1 Å². The summed E-state index contributed by atoms with van der Waals surface area (Å²) >= 11 is 0. The second kappa shape index (κ2) is 8.84. The van der Waals surface area contributed by atoms with Gasteiger partial charge in [0.05, 0.1) is 19.9 Å². The number of anilines is 3. The summed E-state index contributed by atoms with van der Waals surface area (Å²) < 4.78 is 24.3. The fourth-order valence-electron chi connectivity index (χ4n) is 2.58. The molecule has 0 radical (unpaired) electrons. The summed E-state index contributed by atoms with van der Waals surface area (Å²) in [6, 6.07) is 13.9. The second-order valence-electron chi connectivity index (χ2n) is 5.72. The van der Waals surface area contributed by atoms with Crippen LogP contribution in [0, 0.1) is 5.82 Å². The van der Waals surface area contributed by atoms with Gasteiger partial charge in [0.1, 0.15) is 23.1 Å². The zero-order chi connectivity index (χ0) is 19.1. The van der Waals surface area contributed by atoms with E-state index in [1.165, 1.54) is 6.07 Å². The van der Waals surface area contributed by atoms with E-state index in [0.29, 0.717) is 47.5 Å². The molecule has 0 aliphatic rings. The van der Waals surface area contributed by atoms with Crippen LogP contribution < -0.4 is 20.1 Å². The second-order valence-corrected chi connectivity index (χ2v) is 5.72. The van der Waals surface area contributed by atoms with Crippen molar-refractivity contribution >= 4 is 17.5 Å². The number of hydrogen-bond acceptors (Lipinski definition) is 6. The van der Waals surface area contributed by atoms with Crippen LogP contribution in [0.3, 0.4) is 0 Å². The molecule has 0 aliphatic carbocycles. The molecule has 6 nitrogen and oxygen atoms in total. The molecule has 0 unspecified atom stereocenters. The van der Waals surface area contributed by atoms with E-state index in [2.05, 4.69) is 20.6 Å². The molecule has 0 aliphatic heterocycles. The van der Waals surface area contributed by atoms with E-state index in [-0.39, 0.29) is 5.82 Å². The number of nitrogens with zero attached hydrogens (tertiary/aromatic N) is 2. The van der Waals surface area contributed by atoms with E-state index >= 15 is 0 Å². The lowest BCUT2D eigenvalue weighted by atomic mass is 10.1. The van der Waals surface area contributed by atoms with E-state index in [1.807, 2.05) is 12.1 Å². The number of methoxy groups -OCH3 is 2. The lowest BCUT2D eigenvalue weighted by molar-refractivity contribution is 0.405. The van der Waals surface area contributed by atoms with Crippen LogP contribution in [0.2, 0.25) is 0 Å². The van der Waals surface area contributed by atoms with E-state index in [1.54, 1.807) is 50.7 Å². The third-order valence-electron chi connectivity index (χ3n) is 3.97. The largest absolute Gasteiger partial charge is 0.497 e. The Morgan fingerprint density at radius 3 is 2.67 bits per heavy atom. The Labute approximate surface area is 157 Å². The highest BCUT2D eigenvalue weighted by Gasteiger charge is 2.08. The van der Waals surface area contributed by atoms with Crippen molar-refractivity contribution < 1.29 is 13.9 Å². The van der Waals surface area contributed by atoms with E-state index < -0.39 is 0 Å². The topological polar surface area (TPSA) is 68.3 Å². The zero-order valence-electron chi connectivity index (χ0n) is 15.2. The molecule has 0 saturated carbocycles. The van der Waals surface area contributed by atoms with Gasteiger partial charge in [0.25, 0.3) is 0 Å². The van der Waals surface area contributed by atoms with Crippen molar-refractivity contribution in [2.24, 2.45) is 0 Å². The Hall–Kier alpha value is -3.35. The SMILES string of the molecule is COc1ccc(OC)c(Nc2nccc(NCCc3ccccc3F)n2)c1. The molecule has 2 aromatic carbocycles. The van der Waals surface area contributed by atoms with Gasteiger partial charge in [-0.3, -0.25) is 0 Å².